The maximum Gasteiger partial charge on any atom is 0.165 e. The van der Waals surface area contributed by atoms with Crippen LogP contribution in [0.5, 0.6) is 5.75 Å². The SMILES string of the molecule is CC[C@@H](c1cccc(F)c1OC)N1CCNCC1. The van der Waals surface area contributed by atoms with Crippen molar-refractivity contribution in [2.45, 2.75) is 19.4 Å². The minimum Gasteiger partial charge on any atom is -0.493 e. The second kappa shape index (κ2) is 6.16. The third kappa shape index (κ3) is 2.65. The molecule has 2 rings (SSSR count). The summed E-state index contributed by atoms with van der Waals surface area (Å²) < 4.78 is 19.0. The Labute approximate surface area is 108 Å². The summed E-state index contributed by atoms with van der Waals surface area (Å²) in [5.74, 6) is 0.117. The Morgan fingerprint density at radius 1 is 1.39 bits per heavy atom. The third-order valence-corrected chi connectivity index (χ3v) is 3.54. The first-order chi connectivity index (χ1) is 8.77. The van der Waals surface area contributed by atoms with Gasteiger partial charge in [0.05, 0.1) is 7.11 Å². The van der Waals surface area contributed by atoms with Gasteiger partial charge in [-0.25, -0.2) is 4.39 Å². The predicted molar refractivity (Wildman–Crippen MR) is 70.4 cm³/mol. The first-order valence-corrected chi connectivity index (χ1v) is 6.55. The number of piperazine rings is 1. The molecule has 1 aromatic rings. The van der Waals surface area contributed by atoms with Crippen LogP contribution in [0.3, 0.4) is 0 Å². The fourth-order valence-corrected chi connectivity index (χ4v) is 2.67. The second-order valence-corrected chi connectivity index (χ2v) is 4.57. The standard InChI is InChI=1S/C14H21FN2O/c1-3-13(17-9-7-16-8-10-17)11-5-4-6-12(15)14(11)18-2/h4-6,13,16H,3,7-10H2,1-2H3/t13-/m0/s1. The van der Waals surface area contributed by atoms with Crippen LogP contribution < -0.4 is 10.1 Å². The van der Waals surface area contributed by atoms with Crippen LogP contribution >= 0.6 is 0 Å². The van der Waals surface area contributed by atoms with Crippen molar-refractivity contribution in [3.63, 3.8) is 0 Å². The van der Waals surface area contributed by atoms with Gasteiger partial charge in [0.15, 0.2) is 11.6 Å². The van der Waals surface area contributed by atoms with E-state index in [1.54, 1.807) is 6.07 Å². The van der Waals surface area contributed by atoms with Crippen LogP contribution in [0.4, 0.5) is 4.39 Å². The molecule has 1 fully saturated rings. The molecule has 1 atom stereocenters. The second-order valence-electron chi connectivity index (χ2n) is 4.57. The molecule has 0 unspecified atom stereocenters. The summed E-state index contributed by atoms with van der Waals surface area (Å²) in [4.78, 5) is 2.40. The van der Waals surface area contributed by atoms with E-state index in [1.807, 2.05) is 6.07 Å². The highest BCUT2D eigenvalue weighted by atomic mass is 19.1. The molecule has 0 bridgehead atoms. The highest BCUT2D eigenvalue weighted by Gasteiger charge is 2.24. The van der Waals surface area contributed by atoms with Gasteiger partial charge < -0.3 is 10.1 Å². The molecule has 1 aliphatic heterocycles. The number of benzene rings is 1. The molecule has 0 aromatic heterocycles. The Bertz CT molecular complexity index is 391. The lowest BCUT2D eigenvalue weighted by molar-refractivity contribution is 0.166. The molecule has 100 valence electrons. The van der Waals surface area contributed by atoms with Crippen LogP contribution in [-0.2, 0) is 0 Å². The molecular weight excluding hydrogens is 231 g/mol. The number of rotatable bonds is 4. The number of ether oxygens (including phenoxy) is 1. The Balaban J connectivity index is 2.28. The molecular formula is C14H21FN2O. The monoisotopic (exact) mass is 252 g/mol. The molecule has 1 aliphatic rings. The Kier molecular flexibility index (Phi) is 4.55. The molecule has 1 heterocycles. The summed E-state index contributed by atoms with van der Waals surface area (Å²) in [5, 5.41) is 3.34. The number of nitrogens with one attached hydrogen (secondary N) is 1. The molecule has 4 heteroatoms. The van der Waals surface area contributed by atoms with Gasteiger partial charge in [-0.2, -0.15) is 0 Å². The maximum atomic E-state index is 13.8. The average Bonchev–Trinajstić information content (AvgIpc) is 2.41. The fraction of sp³-hybridized carbons (Fsp3) is 0.571. The summed E-state index contributed by atoms with van der Waals surface area (Å²) in [7, 11) is 1.53. The summed E-state index contributed by atoms with van der Waals surface area (Å²) in [6.45, 7) is 6.12. The van der Waals surface area contributed by atoms with E-state index in [4.69, 9.17) is 4.74 Å². The molecule has 0 spiro atoms. The van der Waals surface area contributed by atoms with E-state index in [0.717, 1.165) is 38.2 Å². The van der Waals surface area contributed by atoms with Gasteiger partial charge in [0.2, 0.25) is 0 Å². The fourth-order valence-electron chi connectivity index (χ4n) is 2.67. The Hall–Kier alpha value is -1.13. The minimum absolute atomic E-state index is 0.234. The number of nitrogens with zero attached hydrogens (tertiary/aromatic N) is 1. The van der Waals surface area contributed by atoms with Crippen molar-refractivity contribution in [2.75, 3.05) is 33.3 Å². The maximum absolute atomic E-state index is 13.8. The van der Waals surface area contributed by atoms with Crippen molar-refractivity contribution in [1.29, 1.82) is 0 Å². The lowest BCUT2D eigenvalue weighted by atomic mass is 10.0. The third-order valence-electron chi connectivity index (χ3n) is 3.54. The quantitative estimate of drug-likeness (QED) is 0.889. The smallest absolute Gasteiger partial charge is 0.165 e. The van der Waals surface area contributed by atoms with Crippen molar-refractivity contribution in [3.8, 4) is 5.75 Å². The average molecular weight is 252 g/mol. The van der Waals surface area contributed by atoms with E-state index >= 15 is 0 Å². The zero-order chi connectivity index (χ0) is 13.0. The van der Waals surface area contributed by atoms with Gasteiger partial charge in [0, 0.05) is 37.8 Å². The van der Waals surface area contributed by atoms with E-state index in [0.29, 0.717) is 5.75 Å². The van der Waals surface area contributed by atoms with Crippen molar-refractivity contribution >= 4 is 0 Å². The molecule has 1 saturated heterocycles. The molecule has 3 nitrogen and oxygen atoms in total. The Morgan fingerprint density at radius 3 is 2.72 bits per heavy atom. The predicted octanol–water partition coefficient (Wildman–Crippen LogP) is 2.19. The zero-order valence-electron chi connectivity index (χ0n) is 11.1. The van der Waals surface area contributed by atoms with Crippen LogP contribution in [0.1, 0.15) is 24.9 Å². The van der Waals surface area contributed by atoms with E-state index < -0.39 is 0 Å². The molecule has 0 radical (unpaired) electrons. The van der Waals surface area contributed by atoms with Gasteiger partial charge in [0.1, 0.15) is 0 Å². The van der Waals surface area contributed by atoms with Crippen LogP contribution in [0, 0.1) is 5.82 Å². The summed E-state index contributed by atoms with van der Waals surface area (Å²) >= 11 is 0. The van der Waals surface area contributed by atoms with E-state index in [1.165, 1.54) is 13.2 Å². The van der Waals surface area contributed by atoms with E-state index in [9.17, 15) is 4.39 Å². The first kappa shape index (κ1) is 13.3. The molecule has 0 amide bonds. The number of hydrogen-bond donors (Lipinski definition) is 1. The van der Waals surface area contributed by atoms with Gasteiger partial charge >= 0.3 is 0 Å². The minimum atomic E-state index is -0.274. The number of methoxy groups -OCH3 is 1. The van der Waals surface area contributed by atoms with Crippen molar-refractivity contribution in [2.24, 2.45) is 0 Å². The molecule has 0 aliphatic carbocycles. The highest BCUT2D eigenvalue weighted by molar-refractivity contribution is 5.37. The normalized spacial score (nSPS) is 18.6. The van der Waals surface area contributed by atoms with Crippen molar-refractivity contribution in [1.82, 2.24) is 10.2 Å². The number of halogens is 1. The highest BCUT2D eigenvalue weighted by Crippen LogP contribution is 2.33. The largest absolute Gasteiger partial charge is 0.493 e. The van der Waals surface area contributed by atoms with Gasteiger partial charge in [-0.05, 0) is 12.5 Å². The van der Waals surface area contributed by atoms with E-state index in [2.05, 4.69) is 17.1 Å². The van der Waals surface area contributed by atoms with Crippen LogP contribution in [0.15, 0.2) is 18.2 Å². The zero-order valence-corrected chi connectivity index (χ0v) is 11.1. The van der Waals surface area contributed by atoms with Crippen LogP contribution in [0.2, 0.25) is 0 Å². The van der Waals surface area contributed by atoms with Crippen LogP contribution in [0.25, 0.3) is 0 Å². The van der Waals surface area contributed by atoms with Crippen molar-refractivity contribution in [3.05, 3.63) is 29.6 Å². The lowest BCUT2D eigenvalue weighted by Crippen LogP contribution is -2.45. The van der Waals surface area contributed by atoms with E-state index in [-0.39, 0.29) is 11.9 Å². The van der Waals surface area contributed by atoms with Crippen molar-refractivity contribution < 1.29 is 9.13 Å². The molecule has 18 heavy (non-hydrogen) atoms. The summed E-state index contributed by atoms with van der Waals surface area (Å²) in [6.07, 6.45) is 0.958. The number of para-hydroxylation sites is 1. The van der Waals surface area contributed by atoms with Crippen LogP contribution in [-0.4, -0.2) is 38.2 Å². The van der Waals surface area contributed by atoms with Gasteiger partial charge in [-0.15, -0.1) is 0 Å². The van der Waals surface area contributed by atoms with Gasteiger partial charge in [-0.3, -0.25) is 4.90 Å². The Morgan fingerprint density at radius 2 is 2.11 bits per heavy atom. The summed E-state index contributed by atoms with van der Waals surface area (Å²) in [6, 6.07) is 5.42. The topological polar surface area (TPSA) is 24.5 Å². The molecule has 0 saturated carbocycles. The lowest BCUT2D eigenvalue weighted by Gasteiger charge is -2.35. The summed E-state index contributed by atoms with van der Waals surface area (Å²) in [5.41, 5.74) is 0.960. The molecule has 1 aromatic carbocycles. The van der Waals surface area contributed by atoms with Gasteiger partial charge in [-0.1, -0.05) is 19.1 Å². The first-order valence-electron chi connectivity index (χ1n) is 6.55. The van der Waals surface area contributed by atoms with Gasteiger partial charge in [0.25, 0.3) is 0 Å². The molecule has 1 N–H and O–H groups in total. The number of hydrogen-bond acceptors (Lipinski definition) is 3.